The van der Waals surface area contributed by atoms with Crippen molar-refractivity contribution in [3.8, 4) is 0 Å². The first-order valence-electron chi connectivity index (χ1n) is 10.1. The topological polar surface area (TPSA) is 9.23 Å². The highest BCUT2D eigenvalue weighted by Crippen LogP contribution is 2.17. The van der Waals surface area contributed by atoms with E-state index in [0.29, 0.717) is 0 Å². The molecule has 0 aliphatic heterocycles. The van der Waals surface area contributed by atoms with Crippen molar-refractivity contribution >= 4 is 37.4 Å². The lowest BCUT2D eigenvalue weighted by Crippen LogP contribution is -2.70. The van der Waals surface area contributed by atoms with Gasteiger partial charge >= 0.3 is 0 Å². The van der Waals surface area contributed by atoms with Gasteiger partial charge in [0.1, 0.15) is 0 Å². The van der Waals surface area contributed by atoms with Gasteiger partial charge < -0.3 is 4.12 Å². The van der Waals surface area contributed by atoms with Crippen molar-refractivity contribution in [3.63, 3.8) is 0 Å². The van der Waals surface area contributed by atoms with Crippen LogP contribution in [0.15, 0.2) is 121 Å². The van der Waals surface area contributed by atoms with Crippen LogP contribution in [0.1, 0.15) is 0 Å². The maximum absolute atomic E-state index is 7.45. The average molecular weight is 411 g/mol. The van der Waals surface area contributed by atoms with Crippen molar-refractivity contribution < 1.29 is 4.12 Å². The molecule has 4 aromatic carbocycles. The zero-order valence-corrected chi connectivity index (χ0v) is 19.0. The van der Waals surface area contributed by atoms with Crippen molar-refractivity contribution in [1.82, 2.24) is 0 Å². The van der Waals surface area contributed by atoms with Gasteiger partial charge in [0.05, 0.1) is 0 Å². The molecule has 0 bridgehead atoms. The van der Waals surface area contributed by atoms with E-state index in [1.54, 1.807) is 0 Å². The molecule has 0 heterocycles. The first kappa shape index (κ1) is 19.6. The summed E-state index contributed by atoms with van der Waals surface area (Å²) >= 11 is 0. The van der Waals surface area contributed by atoms with Gasteiger partial charge in [0.2, 0.25) is 16.6 Å². The molecule has 0 aliphatic carbocycles. The Labute approximate surface area is 175 Å². The maximum Gasteiger partial charge on any atom is 0.242 e. The fraction of sp³-hybridized carbons (Fsp3) is 0.0769. The third kappa shape index (κ3) is 3.90. The van der Waals surface area contributed by atoms with E-state index < -0.39 is 16.6 Å². The highest BCUT2D eigenvalue weighted by Gasteiger charge is 2.44. The molecular formula is C26H26OSi2. The lowest BCUT2D eigenvalue weighted by Gasteiger charge is -2.39. The van der Waals surface area contributed by atoms with Crippen LogP contribution >= 0.6 is 0 Å². The lowest BCUT2D eigenvalue weighted by molar-refractivity contribution is 0.587. The summed E-state index contributed by atoms with van der Waals surface area (Å²) in [6.07, 6.45) is 0. The molecule has 1 nitrogen and oxygen atoms in total. The first-order valence-corrected chi connectivity index (χ1v) is 14.9. The van der Waals surface area contributed by atoms with Gasteiger partial charge in [0.15, 0.2) is 0 Å². The molecule has 0 spiro atoms. The molecule has 0 atom stereocenters. The van der Waals surface area contributed by atoms with Crippen LogP contribution in [0.4, 0.5) is 0 Å². The molecule has 4 aromatic rings. The van der Waals surface area contributed by atoms with Crippen molar-refractivity contribution in [3.05, 3.63) is 121 Å². The molecule has 29 heavy (non-hydrogen) atoms. The highest BCUT2D eigenvalue weighted by atomic mass is 28.4. The third-order valence-electron chi connectivity index (χ3n) is 5.71. The van der Waals surface area contributed by atoms with Crippen molar-refractivity contribution in [1.29, 1.82) is 0 Å². The van der Waals surface area contributed by atoms with E-state index in [4.69, 9.17) is 4.12 Å². The van der Waals surface area contributed by atoms with Crippen LogP contribution in [-0.4, -0.2) is 16.6 Å². The summed E-state index contributed by atoms with van der Waals surface area (Å²) in [7, 11) is -4.88. The molecular weight excluding hydrogens is 384 g/mol. The van der Waals surface area contributed by atoms with Crippen LogP contribution in [0.25, 0.3) is 0 Å². The van der Waals surface area contributed by atoms with Crippen LogP contribution in [-0.2, 0) is 4.12 Å². The molecule has 3 heteroatoms. The Morgan fingerprint density at radius 2 is 0.586 bits per heavy atom. The molecule has 0 unspecified atom stereocenters. The zero-order valence-electron chi connectivity index (χ0n) is 17.0. The van der Waals surface area contributed by atoms with E-state index in [1.165, 1.54) is 20.7 Å². The summed E-state index contributed by atoms with van der Waals surface area (Å²) in [6, 6.07) is 43.1. The average Bonchev–Trinajstić information content (AvgIpc) is 2.81. The highest BCUT2D eigenvalue weighted by molar-refractivity contribution is 7.08. The maximum atomic E-state index is 7.45. The summed E-state index contributed by atoms with van der Waals surface area (Å²) in [6.45, 7) is 4.68. The SMILES string of the molecule is C[Si](O[Si](C)(c1ccccc1)c1ccccc1)(c1ccccc1)c1ccccc1. The molecule has 0 radical (unpaired) electrons. The smallest absolute Gasteiger partial charge is 0.242 e. The van der Waals surface area contributed by atoms with Crippen LogP contribution < -0.4 is 20.7 Å². The number of hydrogen-bond acceptors (Lipinski definition) is 1. The van der Waals surface area contributed by atoms with E-state index in [2.05, 4.69) is 134 Å². The fourth-order valence-electron chi connectivity index (χ4n) is 4.00. The molecule has 0 aromatic heterocycles. The van der Waals surface area contributed by atoms with E-state index in [-0.39, 0.29) is 0 Å². The number of rotatable bonds is 6. The van der Waals surface area contributed by atoms with Gasteiger partial charge in [-0.05, 0) is 33.8 Å². The molecule has 4 rings (SSSR count). The van der Waals surface area contributed by atoms with E-state index in [9.17, 15) is 0 Å². The van der Waals surface area contributed by atoms with Crippen LogP contribution in [0.3, 0.4) is 0 Å². The molecule has 144 valence electrons. The molecule has 0 aliphatic rings. The van der Waals surface area contributed by atoms with Gasteiger partial charge in [-0.15, -0.1) is 0 Å². The van der Waals surface area contributed by atoms with Gasteiger partial charge in [0.25, 0.3) is 0 Å². The minimum Gasteiger partial charge on any atom is -0.442 e. The van der Waals surface area contributed by atoms with Gasteiger partial charge in [0, 0.05) is 0 Å². The first-order chi connectivity index (χ1) is 14.1. The summed E-state index contributed by atoms with van der Waals surface area (Å²) in [4.78, 5) is 0. The Balaban J connectivity index is 1.91. The van der Waals surface area contributed by atoms with Crippen molar-refractivity contribution in [2.75, 3.05) is 0 Å². The molecule has 0 saturated carbocycles. The Hall–Kier alpha value is -2.73. The zero-order chi connectivity index (χ0) is 20.2. The second-order valence-electron chi connectivity index (χ2n) is 7.63. The minimum absolute atomic E-state index is 1.30. The molecule has 0 amide bonds. The largest absolute Gasteiger partial charge is 0.442 e. The van der Waals surface area contributed by atoms with Gasteiger partial charge in [-0.2, -0.15) is 0 Å². The van der Waals surface area contributed by atoms with Gasteiger partial charge in [-0.1, -0.05) is 121 Å². The molecule has 0 saturated heterocycles. The van der Waals surface area contributed by atoms with Crippen LogP contribution in [0.5, 0.6) is 0 Å². The third-order valence-corrected chi connectivity index (χ3v) is 14.7. The summed E-state index contributed by atoms with van der Waals surface area (Å²) in [5.41, 5.74) is 0. The van der Waals surface area contributed by atoms with E-state index in [1.807, 2.05) is 0 Å². The predicted octanol–water partition coefficient (Wildman–Crippen LogP) is 3.78. The fourth-order valence-corrected chi connectivity index (χ4v) is 13.1. The Morgan fingerprint density at radius 3 is 0.793 bits per heavy atom. The van der Waals surface area contributed by atoms with Gasteiger partial charge in [-0.25, -0.2) is 0 Å². The van der Waals surface area contributed by atoms with Crippen LogP contribution in [0, 0.1) is 0 Å². The second kappa shape index (κ2) is 8.33. The lowest BCUT2D eigenvalue weighted by atomic mass is 10.4. The van der Waals surface area contributed by atoms with Crippen molar-refractivity contribution in [2.24, 2.45) is 0 Å². The second-order valence-corrected chi connectivity index (χ2v) is 14.9. The van der Waals surface area contributed by atoms with Crippen LogP contribution in [0.2, 0.25) is 13.1 Å². The Bertz CT molecular complexity index is 869. The monoisotopic (exact) mass is 410 g/mol. The Morgan fingerprint density at radius 1 is 0.379 bits per heavy atom. The Kier molecular flexibility index (Phi) is 5.63. The quantitative estimate of drug-likeness (QED) is 0.440. The normalized spacial score (nSPS) is 11.9. The number of hydrogen-bond donors (Lipinski definition) is 0. The van der Waals surface area contributed by atoms with Gasteiger partial charge in [-0.3, -0.25) is 0 Å². The summed E-state index contributed by atoms with van der Waals surface area (Å²) in [5, 5.41) is 5.21. The predicted molar refractivity (Wildman–Crippen MR) is 129 cm³/mol. The standard InChI is InChI=1S/C26H26OSi2/c1-28(23-15-7-3-8-16-23,24-17-9-4-10-18-24)27-29(2,25-19-11-5-12-20-25)26-21-13-6-14-22-26/h3-22H,1-2H3. The van der Waals surface area contributed by atoms with Crippen molar-refractivity contribution in [2.45, 2.75) is 13.1 Å². The summed E-state index contributed by atoms with van der Waals surface area (Å²) < 4.78 is 7.45. The van der Waals surface area contributed by atoms with E-state index in [0.717, 1.165) is 0 Å². The number of benzene rings is 4. The van der Waals surface area contributed by atoms with E-state index >= 15 is 0 Å². The minimum atomic E-state index is -2.44. The summed E-state index contributed by atoms with van der Waals surface area (Å²) in [5.74, 6) is 0. The molecule has 0 fully saturated rings. The molecule has 0 N–H and O–H groups in total.